The molecular formula is C25H30FN7O2S. The number of benzene rings is 1. The van der Waals surface area contributed by atoms with E-state index in [4.69, 9.17) is 4.74 Å². The number of hydrogen-bond acceptors (Lipinski definition) is 9. The Morgan fingerprint density at radius 1 is 1.14 bits per heavy atom. The van der Waals surface area contributed by atoms with Crippen molar-refractivity contribution in [1.82, 2.24) is 19.9 Å². The fourth-order valence-electron chi connectivity index (χ4n) is 4.43. The Bertz CT molecular complexity index is 1230. The number of ether oxygens (including phenoxy) is 1. The van der Waals surface area contributed by atoms with E-state index in [1.54, 1.807) is 18.5 Å². The van der Waals surface area contributed by atoms with Gasteiger partial charge in [0.25, 0.3) is 5.91 Å². The van der Waals surface area contributed by atoms with Crippen LogP contribution in [0, 0.1) is 12.7 Å². The standard InChI is InChI=1S/C25H30FN7O2S/c1-16-15-36-24(29-16)23(34)30-21-10-19(18-12-27-25(28-13-18)32-6-8-35-9-7-32)20(26)11-22(21)33-5-4-31(3)17(2)14-33/h10-13,15,17H,4-9,14H2,1-3H3,(H,30,34)/t17-/m1/s1. The fraction of sp³-hybridized carbons (Fsp3) is 0.440. The van der Waals surface area contributed by atoms with Crippen LogP contribution in [0.5, 0.6) is 0 Å². The molecule has 0 unspecified atom stereocenters. The van der Waals surface area contributed by atoms with Crippen LogP contribution in [0.1, 0.15) is 22.4 Å². The van der Waals surface area contributed by atoms with Crippen molar-refractivity contribution >= 4 is 34.6 Å². The lowest BCUT2D eigenvalue weighted by atomic mass is 10.0. The second-order valence-electron chi connectivity index (χ2n) is 9.24. The van der Waals surface area contributed by atoms with Crippen LogP contribution in [0.25, 0.3) is 11.1 Å². The summed E-state index contributed by atoms with van der Waals surface area (Å²) in [5.74, 6) is -0.103. The number of hydrogen-bond donors (Lipinski definition) is 1. The van der Waals surface area contributed by atoms with E-state index in [9.17, 15) is 4.79 Å². The van der Waals surface area contributed by atoms with Gasteiger partial charge in [0.2, 0.25) is 5.95 Å². The molecule has 2 fully saturated rings. The molecule has 0 radical (unpaired) electrons. The summed E-state index contributed by atoms with van der Waals surface area (Å²) in [5.41, 5.74) is 2.86. The fourth-order valence-corrected chi connectivity index (χ4v) is 5.12. The Morgan fingerprint density at radius 3 is 2.56 bits per heavy atom. The zero-order valence-corrected chi connectivity index (χ0v) is 21.5. The minimum absolute atomic E-state index is 0.299. The third-order valence-corrected chi connectivity index (χ3v) is 7.65. The number of morpholine rings is 1. The van der Waals surface area contributed by atoms with Gasteiger partial charge >= 0.3 is 0 Å². The van der Waals surface area contributed by atoms with Crippen molar-refractivity contribution in [2.24, 2.45) is 0 Å². The maximum Gasteiger partial charge on any atom is 0.284 e. The zero-order chi connectivity index (χ0) is 25.2. The summed E-state index contributed by atoms with van der Waals surface area (Å²) < 4.78 is 20.9. The minimum atomic E-state index is -0.387. The van der Waals surface area contributed by atoms with Gasteiger partial charge in [-0.2, -0.15) is 0 Å². The molecule has 0 spiro atoms. The van der Waals surface area contributed by atoms with Crippen molar-refractivity contribution in [3.8, 4) is 11.1 Å². The van der Waals surface area contributed by atoms with Crippen molar-refractivity contribution in [3.05, 3.63) is 46.4 Å². The number of likely N-dealkylation sites (N-methyl/N-ethyl adjacent to an activating group) is 1. The van der Waals surface area contributed by atoms with Crippen LogP contribution in [0.4, 0.5) is 21.7 Å². The number of piperazine rings is 1. The predicted octanol–water partition coefficient (Wildman–Crippen LogP) is 3.28. The van der Waals surface area contributed by atoms with E-state index in [1.165, 1.54) is 17.4 Å². The highest BCUT2D eigenvalue weighted by Gasteiger charge is 2.25. The Morgan fingerprint density at radius 2 is 1.89 bits per heavy atom. The second-order valence-corrected chi connectivity index (χ2v) is 10.1. The zero-order valence-electron chi connectivity index (χ0n) is 20.7. The summed E-state index contributed by atoms with van der Waals surface area (Å²) in [6.45, 7) is 9.00. The molecule has 190 valence electrons. The molecule has 1 N–H and O–H groups in total. The molecule has 0 aliphatic carbocycles. The first-order chi connectivity index (χ1) is 17.4. The van der Waals surface area contributed by atoms with Crippen LogP contribution >= 0.6 is 11.3 Å². The maximum absolute atomic E-state index is 15.5. The van der Waals surface area contributed by atoms with E-state index in [2.05, 4.69) is 44.0 Å². The van der Waals surface area contributed by atoms with Gasteiger partial charge in [0, 0.05) is 73.4 Å². The number of rotatable bonds is 5. The summed E-state index contributed by atoms with van der Waals surface area (Å²) in [6.07, 6.45) is 3.26. The van der Waals surface area contributed by atoms with E-state index < -0.39 is 0 Å². The van der Waals surface area contributed by atoms with Crippen molar-refractivity contribution in [2.75, 3.05) is 68.1 Å². The number of halogens is 1. The largest absolute Gasteiger partial charge is 0.378 e. The summed E-state index contributed by atoms with van der Waals surface area (Å²) in [5, 5.41) is 5.19. The highest BCUT2D eigenvalue weighted by atomic mass is 32.1. The summed E-state index contributed by atoms with van der Waals surface area (Å²) >= 11 is 1.29. The van der Waals surface area contributed by atoms with E-state index in [-0.39, 0.29) is 11.7 Å². The number of thiazole rings is 1. The Labute approximate surface area is 213 Å². The lowest BCUT2D eigenvalue weighted by molar-refractivity contribution is 0.102. The van der Waals surface area contributed by atoms with Crippen molar-refractivity contribution in [2.45, 2.75) is 19.9 Å². The van der Waals surface area contributed by atoms with Crippen LogP contribution < -0.4 is 15.1 Å². The first kappa shape index (κ1) is 24.5. The van der Waals surface area contributed by atoms with Gasteiger partial charge in [0.1, 0.15) is 5.82 Å². The molecule has 1 aromatic carbocycles. The molecule has 0 bridgehead atoms. The quantitative estimate of drug-likeness (QED) is 0.559. The SMILES string of the molecule is Cc1csc(C(=O)Nc2cc(-c3cnc(N4CCOCC4)nc3)c(F)cc2N2CCN(C)[C@H](C)C2)n1. The summed E-state index contributed by atoms with van der Waals surface area (Å²) in [6, 6.07) is 3.48. The summed E-state index contributed by atoms with van der Waals surface area (Å²) in [4.78, 5) is 32.7. The molecule has 4 heterocycles. The third-order valence-electron chi connectivity index (χ3n) is 6.69. The molecule has 11 heteroatoms. The highest BCUT2D eigenvalue weighted by Crippen LogP contribution is 2.35. The maximum atomic E-state index is 15.5. The molecule has 3 aromatic rings. The molecule has 1 amide bonds. The molecule has 2 saturated heterocycles. The average molecular weight is 512 g/mol. The Hall–Kier alpha value is -3.15. The smallest absolute Gasteiger partial charge is 0.284 e. The number of aromatic nitrogens is 3. The molecular weight excluding hydrogens is 481 g/mol. The number of carbonyl (C=O) groups excluding carboxylic acids is 1. The van der Waals surface area contributed by atoms with Gasteiger partial charge in [0.05, 0.1) is 24.6 Å². The van der Waals surface area contributed by atoms with Crippen LogP contribution in [-0.2, 0) is 4.74 Å². The van der Waals surface area contributed by atoms with Gasteiger partial charge in [0.15, 0.2) is 5.01 Å². The van der Waals surface area contributed by atoms with E-state index in [0.717, 1.165) is 38.4 Å². The van der Waals surface area contributed by atoms with Crippen molar-refractivity contribution < 1.29 is 13.9 Å². The number of anilines is 3. The number of nitrogens with one attached hydrogen (secondary N) is 1. The normalized spacial score (nSPS) is 18.9. The van der Waals surface area contributed by atoms with Gasteiger partial charge in [-0.1, -0.05) is 0 Å². The van der Waals surface area contributed by atoms with Crippen LogP contribution in [0.3, 0.4) is 0 Å². The first-order valence-corrected chi connectivity index (χ1v) is 12.9. The van der Waals surface area contributed by atoms with E-state index in [1.807, 2.05) is 17.2 Å². The number of amides is 1. The second kappa shape index (κ2) is 10.5. The molecule has 2 aromatic heterocycles. The number of aryl methyl sites for hydroxylation is 1. The van der Waals surface area contributed by atoms with Crippen molar-refractivity contribution in [1.29, 1.82) is 0 Å². The first-order valence-electron chi connectivity index (χ1n) is 12.1. The molecule has 36 heavy (non-hydrogen) atoms. The minimum Gasteiger partial charge on any atom is -0.378 e. The third kappa shape index (κ3) is 5.18. The topological polar surface area (TPSA) is 86.7 Å². The van der Waals surface area contributed by atoms with Gasteiger partial charge < -0.3 is 24.8 Å². The van der Waals surface area contributed by atoms with E-state index in [0.29, 0.717) is 52.7 Å². The molecule has 2 aliphatic rings. The molecule has 1 atom stereocenters. The predicted molar refractivity (Wildman–Crippen MR) is 140 cm³/mol. The van der Waals surface area contributed by atoms with E-state index >= 15 is 4.39 Å². The molecule has 2 aliphatic heterocycles. The lowest BCUT2D eigenvalue weighted by Crippen LogP contribution is -2.50. The van der Waals surface area contributed by atoms with Crippen LogP contribution in [-0.4, -0.2) is 84.8 Å². The van der Waals surface area contributed by atoms with Crippen molar-refractivity contribution in [3.63, 3.8) is 0 Å². The van der Waals surface area contributed by atoms with Gasteiger partial charge in [-0.05, 0) is 33.0 Å². The van der Waals surface area contributed by atoms with Crippen LogP contribution in [0.2, 0.25) is 0 Å². The van der Waals surface area contributed by atoms with Gasteiger partial charge in [-0.15, -0.1) is 11.3 Å². The van der Waals surface area contributed by atoms with Gasteiger partial charge in [-0.25, -0.2) is 19.3 Å². The number of carbonyl (C=O) groups is 1. The molecule has 5 rings (SSSR count). The average Bonchev–Trinajstić information content (AvgIpc) is 3.33. The number of nitrogens with zero attached hydrogens (tertiary/aromatic N) is 6. The Kier molecular flexibility index (Phi) is 7.13. The lowest BCUT2D eigenvalue weighted by Gasteiger charge is -2.39. The summed E-state index contributed by atoms with van der Waals surface area (Å²) in [7, 11) is 2.08. The van der Waals surface area contributed by atoms with Crippen LogP contribution in [0.15, 0.2) is 29.9 Å². The highest BCUT2D eigenvalue weighted by molar-refractivity contribution is 7.11. The monoisotopic (exact) mass is 511 g/mol. The molecule has 0 saturated carbocycles. The molecule has 9 nitrogen and oxygen atoms in total. The Balaban J connectivity index is 1.48. The van der Waals surface area contributed by atoms with Gasteiger partial charge in [-0.3, -0.25) is 4.79 Å².